The normalized spacial score (nSPS) is 12.0. The Bertz CT molecular complexity index is 1110. The minimum atomic E-state index is -4.42. The summed E-state index contributed by atoms with van der Waals surface area (Å²) in [4.78, 5) is 14.3. The van der Waals surface area contributed by atoms with E-state index in [1.807, 2.05) is 13.0 Å². The van der Waals surface area contributed by atoms with Crippen LogP contribution in [-0.2, 0) is 13.0 Å². The smallest absolute Gasteiger partial charge is 0.293 e. The lowest BCUT2D eigenvalue weighted by molar-refractivity contribution is -0.141. The van der Waals surface area contributed by atoms with Gasteiger partial charge in [-0.05, 0) is 36.4 Å². The number of aryl methyl sites for hydroxylation is 1. The largest absolute Gasteiger partial charge is 0.406 e. The number of thiophene rings is 1. The molecule has 0 fully saturated rings. The number of fused-ring (bicyclic) bond motifs is 1. The molecule has 0 spiro atoms. The molecule has 4 heterocycles. The van der Waals surface area contributed by atoms with Crippen molar-refractivity contribution in [1.82, 2.24) is 29.7 Å². The van der Waals surface area contributed by atoms with Gasteiger partial charge in [0.1, 0.15) is 22.7 Å². The molecule has 144 valence electrons. The van der Waals surface area contributed by atoms with Crippen LogP contribution in [0.3, 0.4) is 0 Å². The maximum Gasteiger partial charge on any atom is 0.406 e. The molecule has 0 amide bonds. The monoisotopic (exact) mass is 422 g/mol. The van der Waals surface area contributed by atoms with Crippen LogP contribution in [0, 0.1) is 0 Å². The Hall–Kier alpha value is -2.53. The van der Waals surface area contributed by atoms with Crippen molar-refractivity contribution in [3.63, 3.8) is 0 Å². The third-order valence-corrected chi connectivity index (χ3v) is 6.06. The van der Waals surface area contributed by atoms with Gasteiger partial charge in [-0.2, -0.15) is 13.2 Å². The van der Waals surface area contributed by atoms with Gasteiger partial charge in [0.25, 0.3) is 0 Å². The topological polar surface area (TPSA) is 69.4 Å². The highest BCUT2D eigenvalue weighted by Gasteiger charge is 2.32. The summed E-state index contributed by atoms with van der Waals surface area (Å²) in [6.45, 7) is 0.837. The summed E-state index contributed by atoms with van der Waals surface area (Å²) in [5, 5.41) is 9.48. The molecule has 0 aliphatic rings. The molecule has 0 atom stereocenters. The van der Waals surface area contributed by atoms with Gasteiger partial charge in [0.15, 0.2) is 11.0 Å². The van der Waals surface area contributed by atoms with Crippen molar-refractivity contribution in [3.05, 3.63) is 41.8 Å². The number of alkyl halides is 3. The van der Waals surface area contributed by atoms with Crippen LogP contribution in [0.25, 0.3) is 21.6 Å². The molecule has 0 N–H and O–H groups in total. The van der Waals surface area contributed by atoms with E-state index in [0.29, 0.717) is 10.6 Å². The number of halogens is 3. The van der Waals surface area contributed by atoms with Crippen molar-refractivity contribution < 1.29 is 13.2 Å². The van der Waals surface area contributed by atoms with Crippen molar-refractivity contribution in [3.8, 4) is 11.4 Å². The summed E-state index contributed by atoms with van der Waals surface area (Å²) >= 11 is 2.60. The fourth-order valence-corrected chi connectivity index (χ4v) is 4.51. The second-order valence-corrected chi connectivity index (χ2v) is 7.88. The van der Waals surface area contributed by atoms with Crippen LogP contribution in [0.4, 0.5) is 13.2 Å². The van der Waals surface area contributed by atoms with Crippen LogP contribution in [-0.4, -0.2) is 35.9 Å². The Morgan fingerprint density at radius 3 is 2.64 bits per heavy atom. The number of rotatable bonds is 5. The Morgan fingerprint density at radius 2 is 1.93 bits per heavy atom. The van der Waals surface area contributed by atoms with Gasteiger partial charge < -0.3 is 0 Å². The van der Waals surface area contributed by atoms with E-state index in [2.05, 4.69) is 25.1 Å². The number of hydrogen-bond acceptors (Lipinski definition) is 7. The summed E-state index contributed by atoms with van der Waals surface area (Å²) in [6, 6.07) is 5.16. The number of pyridine rings is 1. The molecule has 4 aromatic heterocycles. The Labute approximate surface area is 165 Å². The van der Waals surface area contributed by atoms with E-state index in [4.69, 9.17) is 0 Å². The van der Waals surface area contributed by atoms with Gasteiger partial charge in [-0.1, -0.05) is 6.92 Å². The zero-order chi connectivity index (χ0) is 19.7. The van der Waals surface area contributed by atoms with Gasteiger partial charge in [0.2, 0.25) is 0 Å². The van der Waals surface area contributed by atoms with E-state index in [1.165, 1.54) is 18.7 Å². The Balaban J connectivity index is 1.78. The fraction of sp³-hybridized carbons (Fsp3) is 0.235. The molecule has 4 aromatic rings. The average molecular weight is 422 g/mol. The van der Waals surface area contributed by atoms with Crippen LogP contribution in [0.1, 0.15) is 11.8 Å². The van der Waals surface area contributed by atoms with Crippen molar-refractivity contribution in [2.75, 3.05) is 0 Å². The average Bonchev–Trinajstić information content (AvgIpc) is 3.26. The molecule has 0 saturated carbocycles. The fourth-order valence-electron chi connectivity index (χ4n) is 2.63. The molecular formula is C17H13F3N6S2. The highest BCUT2D eigenvalue weighted by Crippen LogP contribution is 2.36. The van der Waals surface area contributed by atoms with Crippen LogP contribution in [0.2, 0.25) is 0 Å². The van der Waals surface area contributed by atoms with Crippen LogP contribution in [0.15, 0.2) is 47.1 Å². The highest BCUT2D eigenvalue weighted by molar-refractivity contribution is 7.99. The number of nitrogens with zero attached hydrogens (tertiary/aromatic N) is 6. The third kappa shape index (κ3) is 3.85. The van der Waals surface area contributed by atoms with Crippen molar-refractivity contribution in [1.29, 1.82) is 0 Å². The van der Waals surface area contributed by atoms with E-state index in [0.717, 1.165) is 37.8 Å². The second kappa shape index (κ2) is 7.47. The molecule has 28 heavy (non-hydrogen) atoms. The first-order chi connectivity index (χ1) is 13.4. The lowest BCUT2D eigenvalue weighted by Gasteiger charge is -2.12. The molecular weight excluding hydrogens is 409 g/mol. The quantitative estimate of drug-likeness (QED) is 0.437. The maximum absolute atomic E-state index is 13.2. The third-order valence-electron chi connectivity index (χ3n) is 3.87. The van der Waals surface area contributed by atoms with Crippen LogP contribution >= 0.6 is 23.1 Å². The lowest BCUT2D eigenvalue weighted by Crippen LogP contribution is -2.19. The van der Waals surface area contributed by atoms with Gasteiger partial charge in [-0.3, -0.25) is 9.55 Å². The predicted octanol–water partition coefficient (Wildman–Crippen LogP) is 4.62. The van der Waals surface area contributed by atoms with Crippen molar-refractivity contribution >= 4 is 33.3 Å². The van der Waals surface area contributed by atoms with Crippen molar-refractivity contribution in [2.45, 2.75) is 36.2 Å². The first kappa shape index (κ1) is 18.8. The summed E-state index contributed by atoms with van der Waals surface area (Å²) in [5.74, 6) is 0.132. The van der Waals surface area contributed by atoms with E-state index >= 15 is 0 Å². The molecule has 0 aromatic carbocycles. The van der Waals surface area contributed by atoms with Gasteiger partial charge >= 0.3 is 6.18 Å². The summed E-state index contributed by atoms with van der Waals surface area (Å²) < 4.78 is 40.7. The van der Waals surface area contributed by atoms with Crippen LogP contribution in [0.5, 0.6) is 0 Å². The molecule has 0 aliphatic heterocycles. The molecule has 6 nitrogen and oxygen atoms in total. The zero-order valence-corrected chi connectivity index (χ0v) is 16.1. The molecule has 4 rings (SSSR count). The van der Waals surface area contributed by atoms with E-state index in [-0.39, 0.29) is 11.0 Å². The molecule has 0 radical (unpaired) electrons. The molecule has 0 bridgehead atoms. The van der Waals surface area contributed by atoms with E-state index < -0.39 is 12.7 Å². The SMILES string of the molecule is CCc1cc2c(Sc3nnc(-c4ccncc4)n3CC(F)(F)F)ncnc2s1. The lowest BCUT2D eigenvalue weighted by atomic mass is 10.2. The predicted molar refractivity (Wildman–Crippen MR) is 100 cm³/mol. The van der Waals surface area contributed by atoms with E-state index in [1.54, 1.807) is 23.5 Å². The maximum atomic E-state index is 13.2. The summed E-state index contributed by atoms with van der Waals surface area (Å²) in [7, 11) is 0. The van der Waals surface area contributed by atoms with Gasteiger partial charge in [0.05, 0.1) is 0 Å². The van der Waals surface area contributed by atoms with Gasteiger partial charge in [-0.25, -0.2) is 9.97 Å². The molecule has 0 unspecified atom stereocenters. The standard InChI is InChI=1S/C17H13F3N6S2/c1-2-11-7-12-14(27-11)22-9-23-15(12)28-16-25-24-13(10-3-5-21-6-4-10)26(16)8-17(18,19)20/h3-7,9H,2,8H2,1H3. The summed E-state index contributed by atoms with van der Waals surface area (Å²) in [6.07, 6.45) is 0.843. The second-order valence-electron chi connectivity index (χ2n) is 5.81. The zero-order valence-electron chi connectivity index (χ0n) is 14.5. The number of aromatic nitrogens is 6. The summed E-state index contributed by atoms with van der Waals surface area (Å²) in [5.41, 5.74) is 0.509. The van der Waals surface area contributed by atoms with Crippen molar-refractivity contribution in [2.24, 2.45) is 0 Å². The van der Waals surface area contributed by atoms with E-state index in [9.17, 15) is 13.2 Å². The first-order valence-corrected chi connectivity index (χ1v) is 9.89. The minimum Gasteiger partial charge on any atom is -0.293 e. The molecule has 0 saturated heterocycles. The van der Waals surface area contributed by atoms with Crippen LogP contribution < -0.4 is 0 Å². The highest BCUT2D eigenvalue weighted by atomic mass is 32.2. The Morgan fingerprint density at radius 1 is 1.14 bits per heavy atom. The Kier molecular flexibility index (Phi) is 5.02. The molecule has 0 aliphatic carbocycles. The number of hydrogen-bond donors (Lipinski definition) is 0. The molecule has 11 heteroatoms. The van der Waals surface area contributed by atoms with Gasteiger partial charge in [-0.15, -0.1) is 21.5 Å². The van der Waals surface area contributed by atoms with Gasteiger partial charge in [0, 0.05) is 28.2 Å². The first-order valence-electron chi connectivity index (χ1n) is 8.26. The minimum absolute atomic E-state index is 0.119.